The molecule has 0 N–H and O–H groups in total. The van der Waals surface area contributed by atoms with Crippen molar-refractivity contribution in [3.63, 3.8) is 0 Å². The summed E-state index contributed by atoms with van der Waals surface area (Å²) in [6.45, 7) is 8.16. The first-order valence-electron chi connectivity index (χ1n) is 9.03. The first-order valence-corrected chi connectivity index (χ1v) is 9.03. The monoisotopic (exact) mass is 364 g/mol. The lowest BCUT2D eigenvalue weighted by Gasteiger charge is -2.45. The number of nitrogens with zero attached hydrogens (tertiary/aromatic N) is 2. The van der Waals surface area contributed by atoms with Crippen molar-refractivity contribution >= 4 is 11.8 Å². The second-order valence-electron chi connectivity index (χ2n) is 6.73. The SMILES string of the molecule is C=CCCCCC(=O)N1CCN(C(=O)c2ccc(F)cc2F)C(C)C1C. The Hall–Kier alpha value is -2.24. The molecule has 1 saturated heterocycles. The number of benzene rings is 1. The fraction of sp³-hybridized carbons (Fsp3) is 0.500. The summed E-state index contributed by atoms with van der Waals surface area (Å²) in [6, 6.07) is 2.54. The molecule has 0 saturated carbocycles. The van der Waals surface area contributed by atoms with Crippen LogP contribution in [-0.2, 0) is 4.79 Å². The Morgan fingerprint density at radius 3 is 2.46 bits per heavy atom. The van der Waals surface area contributed by atoms with Crippen molar-refractivity contribution in [3.05, 3.63) is 48.1 Å². The summed E-state index contributed by atoms with van der Waals surface area (Å²) in [5.41, 5.74) is -0.144. The van der Waals surface area contributed by atoms with Crippen LogP contribution in [0.15, 0.2) is 30.9 Å². The summed E-state index contributed by atoms with van der Waals surface area (Å²) in [6.07, 6.45) is 4.96. The van der Waals surface area contributed by atoms with Crippen LogP contribution in [0.1, 0.15) is 49.9 Å². The minimum absolute atomic E-state index is 0.0773. The molecular weight excluding hydrogens is 338 g/mol. The van der Waals surface area contributed by atoms with Gasteiger partial charge >= 0.3 is 0 Å². The van der Waals surface area contributed by atoms with E-state index in [4.69, 9.17) is 0 Å². The van der Waals surface area contributed by atoms with E-state index in [0.717, 1.165) is 25.3 Å². The van der Waals surface area contributed by atoms with Gasteiger partial charge in [0.05, 0.1) is 5.56 Å². The fourth-order valence-electron chi connectivity index (χ4n) is 3.31. The molecule has 2 rings (SSSR count). The van der Waals surface area contributed by atoms with E-state index in [1.165, 1.54) is 6.07 Å². The van der Waals surface area contributed by atoms with Crippen LogP contribution in [0, 0.1) is 11.6 Å². The number of carbonyl (C=O) groups is 2. The van der Waals surface area contributed by atoms with Gasteiger partial charge in [0.1, 0.15) is 11.6 Å². The van der Waals surface area contributed by atoms with E-state index in [9.17, 15) is 18.4 Å². The van der Waals surface area contributed by atoms with Gasteiger partial charge in [0.2, 0.25) is 5.91 Å². The molecule has 142 valence electrons. The topological polar surface area (TPSA) is 40.6 Å². The number of hydrogen-bond donors (Lipinski definition) is 0. The maximum Gasteiger partial charge on any atom is 0.257 e. The third-order valence-electron chi connectivity index (χ3n) is 5.05. The quantitative estimate of drug-likeness (QED) is 0.569. The lowest BCUT2D eigenvalue weighted by Crippen LogP contribution is -2.60. The molecule has 1 aliphatic rings. The van der Waals surface area contributed by atoms with Crippen LogP contribution in [0.25, 0.3) is 0 Å². The first-order chi connectivity index (χ1) is 12.4. The molecule has 2 amide bonds. The Morgan fingerprint density at radius 1 is 1.15 bits per heavy atom. The van der Waals surface area contributed by atoms with E-state index in [0.29, 0.717) is 25.6 Å². The molecule has 2 atom stereocenters. The molecule has 6 heteroatoms. The second kappa shape index (κ2) is 8.92. The minimum Gasteiger partial charge on any atom is -0.336 e. The summed E-state index contributed by atoms with van der Waals surface area (Å²) < 4.78 is 27.0. The summed E-state index contributed by atoms with van der Waals surface area (Å²) >= 11 is 0. The van der Waals surface area contributed by atoms with E-state index < -0.39 is 17.5 Å². The molecule has 4 nitrogen and oxygen atoms in total. The number of allylic oxidation sites excluding steroid dienone is 1. The standard InChI is InChI=1S/C20H26F2N2O2/c1-4-5-6-7-8-19(25)23-11-12-24(15(3)14(23)2)20(26)17-10-9-16(21)13-18(17)22/h4,9-10,13-15H,1,5-8,11-12H2,2-3H3. The zero-order chi connectivity index (χ0) is 19.3. The smallest absolute Gasteiger partial charge is 0.257 e. The molecule has 0 radical (unpaired) electrons. The highest BCUT2D eigenvalue weighted by Gasteiger charge is 2.36. The molecule has 26 heavy (non-hydrogen) atoms. The zero-order valence-corrected chi connectivity index (χ0v) is 15.4. The number of unbranched alkanes of at least 4 members (excludes halogenated alkanes) is 2. The summed E-state index contributed by atoms with van der Waals surface area (Å²) in [4.78, 5) is 28.5. The molecule has 2 unspecified atom stereocenters. The van der Waals surface area contributed by atoms with Gasteiger partial charge in [-0.05, 0) is 45.2 Å². The van der Waals surface area contributed by atoms with Gasteiger partial charge in [0.15, 0.2) is 0 Å². The third kappa shape index (κ3) is 4.48. The molecule has 1 aromatic rings. The predicted molar refractivity (Wildman–Crippen MR) is 96.7 cm³/mol. The predicted octanol–water partition coefficient (Wildman–Crippen LogP) is 3.77. The zero-order valence-electron chi connectivity index (χ0n) is 15.4. The molecular formula is C20H26F2N2O2. The summed E-state index contributed by atoms with van der Waals surface area (Å²) in [7, 11) is 0. The maximum atomic E-state index is 13.9. The van der Waals surface area contributed by atoms with Crippen molar-refractivity contribution in [2.24, 2.45) is 0 Å². The van der Waals surface area contributed by atoms with Gasteiger partial charge in [-0.25, -0.2) is 8.78 Å². The van der Waals surface area contributed by atoms with Crippen LogP contribution >= 0.6 is 0 Å². The molecule has 1 fully saturated rings. The van der Waals surface area contributed by atoms with Crippen LogP contribution in [0.3, 0.4) is 0 Å². The number of halogens is 2. The number of piperazine rings is 1. The summed E-state index contributed by atoms with van der Waals surface area (Å²) in [5.74, 6) is -1.98. The van der Waals surface area contributed by atoms with E-state index in [-0.39, 0.29) is 23.6 Å². The number of amides is 2. The maximum absolute atomic E-state index is 13.9. The van der Waals surface area contributed by atoms with Gasteiger partial charge in [-0.1, -0.05) is 6.08 Å². The number of carbonyl (C=O) groups excluding carboxylic acids is 2. The lowest BCUT2D eigenvalue weighted by molar-refractivity contribution is -0.136. The molecule has 0 bridgehead atoms. The van der Waals surface area contributed by atoms with E-state index in [1.54, 1.807) is 9.80 Å². The normalized spacial score (nSPS) is 20.2. The van der Waals surface area contributed by atoms with E-state index >= 15 is 0 Å². The average Bonchev–Trinajstić information content (AvgIpc) is 2.60. The Morgan fingerprint density at radius 2 is 1.81 bits per heavy atom. The summed E-state index contributed by atoms with van der Waals surface area (Å²) in [5, 5.41) is 0. The molecule has 1 aliphatic heterocycles. The van der Waals surface area contributed by atoms with Gasteiger partial charge in [0, 0.05) is 37.7 Å². The second-order valence-corrected chi connectivity index (χ2v) is 6.73. The van der Waals surface area contributed by atoms with Crippen LogP contribution < -0.4 is 0 Å². The Labute approximate surface area is 153 Å². The molecule has 1 heterocycles. The van der Waals surface area contributed by atoms with Gasteiger partial charge in [-0.2, -0.15) is 0 Å². The molecule has 0 aliphatic carbocycles. The molecule has 1 aromatic carbocycles. The average molecular weight is 364 g/mol. The van der Waals surface area contributed by atoms with E-state index in [1.807, 2.05) is 19.9 Å². The Bertz CT molecular complexity index is 678. The van der Waals surface area contributed by atoms with Crippen molar-refractivity contribution in [1.82, 2.24) is 9.80 Å². The molecule has 0 aromatic heterocycles. The highest BCUT2D eigenvalue weighted by Crippen LogP contribution is 2.22. The van der Waals surface area contributed by atoms with Gasteiger partial charge < -0.3 is 9.80 Å². The van der Waals surface area contributed by atoms with Crippen molar-refractivity contribution in [2.45, 2.75) is 51.6 Å². The van der Waals surface area contributed by atoms with E-state index in [2.05, 4.69) is 6.58 Å². The Balaban J connectivity index is 2.02. The van der Waals surface area contributed by atoms with Crippen molar-refractivity contribution < 1.29 is 18.4 Å². The third-order valence-corrected chi connectivity index (χ3v) is 5.05. The highest BCUT2D eigenvalue weighted by atomic mass is 19.1. The van der Waals surface area contributed by atoms with Crippen LogP contribution in [0.4, 0.5) is 8.78 Å². The lowest BCUT2D eigenvalue weighted by atomic mass is 10.0. The largest absolute Gasteiger partial charge is 0.336 e. The number of rotatable bonds is 6. The Kier molecular flexibility index (Phi) is 6.89. The fourth-order valence-corrected chi connectivity index (χ4v) is 3.31. The van der Waals surface area contributed by atoms with Crippen molar-refractivity contribution in [1.29, 1.82) is 0 Å². The molecule has 0 spiro atoms. The van der Waals surface area contributed by atoms with Crippen LogP contribution in [0.2, 0.25) is 0 Å². The van der Waals surface area contributed by atoms with Gasteiger partial charge in [-0.3, -0.25) is 9.59 Å². The number of hydrogen-bond acceptors (Lipinski definition) is 2. The minimum atomic E-state index is -0.865. The highest BCUT2D eigenvalue weighted by molar-refractivity contribution is 5.95. The van der Waals surface area contributed by atoms with Crippen molar-refractivity contribution in [3.8, 4) is 0 Å². The van der Waals surface area contributed by atoms with Crippen LogP contribution in [-0.4, -0.2) is 46.8 Å². The van der Waals surface area contributed by atoms with Crippen molar-refractivity contribution in [2.75, 3.05) is 13.1 Å². The van der Waals surface area contributed by atoms with Gasteiger partial charge in [-0.15, -0.1) is 6.58 Å². The van der Waals surface area contributed by atoms with Gasteiger partial charge in [0.25, 0.3) is 5.91 Å². The van der Waals surface area contributed by atoms with Crippen LogP contribution in [0.5, 0.6) is 0 Å². The first kappa shape index (κ1) is 20.1.